The van der Waals surface area contributed by atoms with Crippen molar-refractivity contribution in [2.45, 2.75) is 70.9 Å². The van der Waals surface area contributed by atoms with Crippen LogP contribution in [-0.2, 0) is 13.0 Å². The lowest BCUT2D eigenvalue weighted by Gasteiger charge is -2.24. The Bertz CT molecular complexity index is 1460. The molecule has 0 unspecified atom stereocenters. The van der Waals surface area contributed by atoms with Gasteiger partial charge in [-0.3, -0.25) is 0 Å². The summed E-state index contributed by atoms with van der Waals surface area (Å²) in [5, 5.41) is 17.5. The minimum atomic E-state index is -0.928. The minimum absolute atomic E-state index is 0.305. The summed E-state index contributed by atoms with van der Waals surface area (Å²) in [6.45, 7) is 2.72. The number of rotatable bonds is 9. The highest BCUT2D eigenvalue weighted by atomic mass is 32.1. The molecule has 39 heavy (non-hydrogen) atoms. The highest BCUT2D eigenvalue weighted by molar-refractivity contribution is 7.80. The van der Waals surface area contributed by atoms with Crippen molar-refractivity contribution in [2.75, 3.05) is 5.32 Å². The number of carboxylic acid groups (broad SMARTS) is 1. The van der Waals surface area contributed by atoms with Crippen LogP contribution < -0.4 is 10.6 Å². The second kappa shape index (κ2) is 12.4. The number of anilines is 1. The van der Waals surface area contributed by atoms with Gasteiger partial charge in [0, 0.05) is 24.7 Å². The number of hydrogen-bond donors (Lipinski definition) is 3. The molecule has 4 aromatic rings. The number of unbranched alkanes of at least 4 members (excludes halogenated alkanes) is 1. The zero-order valence-electron chi connectivity index (χ0n) is 22.5. The molecule has 3 N–H and O–H groups in total. The summed E-state index contributed by atoms with van der Waals surface area (Å²) in [6, 6.07) is 22.0. The van der Waals surface area contributed by atoms with Crippen molar-refractivity contribution in [1.29, 1.82) is 0 Å². The van der Waals surface area contributed by atoms with E-state index in [0.29, 0.717) is 23.3 Å². The van der Waals surface area contributed by atoms with E-state index in [1.165, 1.54) is 19.3 Å². The van der Waals surface area contributed by atoms with E-state index >= 15 is 0 Å². The number of aromatic carboxylic acids is 1. The maximum atomic E-state index is 12.2. The molecule has 0 saturated heterocycles. The number of aryl methyl sites for hydroxylation is 1. The number of hydrogen-bond acceptors (Lipinski definition) is 3. The smallest absolute Gasteiger partial charge is 0.336 e. The van der Waals surface area contributed by atoms with Crippen LogP contribution in [0.4, 0.5) is 5.69 Å². The zero-order chi connectivity index (χ0) is 27.2. The molecule has 6 nitrogen and oxygen atoms in total. The van der Waals surface area contributed by atoms with Crippen LogP contribution in [0.5, 0.6) is 0 Å². The Kier molecular flexibility index (Phi) is 8.57. The third kappa shape index (κ3) is 6.48. The average Bonchev–Trinajstić information content (AvgIpc) is 3.29. The van der Waals surface area contributed by atoms with Gasteiger partial charge in [-0.25, -0.2) is 9.78 Å². The molecule has 7 heteroatoms. The van der Waals surface area contributed by atoms with Crippen molar-refractivity contribution >= 4 is 40.0 Å². The van der Waals surface area contributed by atoms with Crippen LogP contribution in [0, 0.1) is 0 Å². The Labute approximate surface area is 235 Å². The lowest BCUT2D eigenvalue weighted by Crippen LogP contribution is -2.38. The van der Waals surface area contributed by atoms with Crippen molar-refractivity contribution in [1.82, 2.24) is 14.9 Å². The van der Waals surface area contributed by atoms with Gasteiger partial charge < -0.3 is 20.3 Å². The fourth-order valence-electron chi connectivity index (χ4n) is 5.47. The number of aromatic nitrogens is 2. The van der Waals surface area contributed by atoms with E-state index in [9.17, 15) is 9.90 Å². The van der Waals surface area contributed by atoms with Gasteiger partial charge >= 0.3 is 5.97 Å². The van der Waals surface area contributed by atoms with Crippen LogP contribution in [0.1, 0.15) is 73.6 Å². The molecule has 202 valence electrons. The van der Waals surface area contributed by atoms with Gasteiger partial charge in [0.1, 0.15) is 5.82 Å². The van der Waals surface area contributed by atoms with Gasteiger partial charge in [-0.2, -0.15) is 0 Å². The number of carbonyl (C=O) groups is 1. The van der Waals surface area contributed by atoms with Crippen LogP contribution in [0.25, 0.3) is 22.2 Å². The predicted octanol–water partition coefficient (Wildman–Crippen LogP) is 7.41. The second-order valence-electron chi connectivity index (χ2n) is 10.4. The van der Waals surface area contributed by atoms with Gasteiger partial charge in [0.2, 0.25) is 0 Å². The number of fused-ring (bicyclic) bond motifs is 1. The summed E-state index contributed by atoms with van der Waals surface area (Å²) in [5.74, 6) is 0.0822. The monoisotopic (exact) mass is 540 g/mol. The van der Waals surface area contributed by atoms with Crippen molar-refractivity contribution in [3.05, 3.63) is 83.7 Å². The highest BCUT2D eigenvalue weighted by Crippen LogP contribution is 2.28. The first-order chi connectivity index (χ1) is 19.0. The highest BCUT2D eigenvalue weighted by Gasteiger charge is 2.17. The van der Waals surface area contributed by atoms with Gasteiger partial charge in [0.25, 0.3) is 0 Å². The van der Waals surface area contributed by atoms with E-state index in [1.54, 1.807) is 6.07 Å². The molecular weight excluding hydrogens is 504 g/mol. The Hall–Kier alpha value is -3.71. The number of nitrogens with zero attached hydrogens (tertiary/aromatic N) is 2. The Balaban J connectivity index is 1.44. The average molecular weight is 541 g/mol. The van der Waals surface area contributed by atoms with E-state index in [2.05, 4.69) is 28.2 Å². The van der Waals surface area contributed by atoms with E-state index < -0.39 is 5.97 Å². The van der Waals surface area contributed by atoms with E-state index in [1.807, 2.05) is 54.6 Å². The standard InChI is InChI=1S/C32H36N4O2S/c1-2-3-14-30-35-28-18-16-25(34-32(39)33-24-12-8-5-9-13-24)20-29(28)36(30)21-22-15-17-26(27(19-22)31(37)38)23-10-6-4-7-11-23/h4,6-7,10-11,15-20,24H,2-3,5,8-9,12-14,21H2,1H3,(H,37,38)(H2,33,34,39). The van der Waals surface area contributed by atoms with Gasteiger partial charge in [0.05, 0.1) is 16.6 Å². The minimum Gasteiger partial charge on any atom is -0.478 e. The Morgan fingerprint density at radius 1 is 1.05 bits per heavy atom. The fourth-order valence-corrected chi connectivity index (χ4v) is 5.76. The third-order valence-corrected chi connectivity index (χ3v) is 7.74. The van der Waals surface area contributed by atoms with Crippen LogP contribution in [-0.4, -0.2) is 31.8 Å². The topological polar surface area (TPSA) is 79.2 Å². The van der Waals surface area contributed by atoms with Crippen LogP contribution in [0.2, 0.25) is 0 Å². The molecule has 0 amide bonds. The maximum Gasteiger partial charge on any atom is 0.336 e. The molecule has 1 heterocycles. The summed E-state index contributed by atoms with van der Waals surface area (Å²) in [4.78, 5) is 17.2. The Morgan fingerprint density at radius 2 is 1.85 bits per heavy atom. The van der Waals surface area contributed by atoms with Crippen molar-refractivity contribution < 1.29 is 9.90 Å². The van der Waals surface area contributed by atoms with Gasteiger partial charge in [-0.05, 0) is 72.4 Å². The summed E-state index contributed by atoms with van der Waals surface area (Å²) < 4.78 is 2.22. The molecule has 0 radical (unpaired) electrons. The predicted molar refractivity (Wildman–Crippen MR) is 163 cm³/mol. The number of thiocarbonyl (C=S) groups is 1. The summed E-state index contributed by atoms with van der Waals surface area (Å²) in [7, 11) is 0. The zero-order valence-corrected chi connectivity index (χ0v) is 23.3. The van der Waals surface area contributed by atoms with Crippen molar-refractivity contribution in [2.24, 2.45) is 0 Å². The SMILES string of the molecule is CCCCc1nc2ccc(NC(=S)NC3CCCCC3)cc2n1Cc1ccc(-c2ccccc2)c(C(=O)O)c1. The number of benzene rings is 3. The molecule has 1 aromatic heterocycles. The summed E-state index contributed by atoms with van der Waals surface area (Å²) in [6.07, 6.45) is 9.12. The molecule has 3 aromatic carbocycles. The molecular formula is C32H36N4O2S. The van der Waals surface area contributed by atoms with Crippen molar-refractivity contribution in [3.8, 4) is 11.1 Å². The van der Waals surface area contributed by atoms with Gasteiger partial charge in [0.15, 0.2) is 5.11 Å². The lowest BCUT2D eigenvalue weighted by atomic mass is 9.96. The van der Waals surface area contributed by atoms with Crippen LogP contribution in [0.3, 0.4) is 0 Å². The molecule has 1 aliphatic rings. The largest absolute Gasteiger partial charge is 0.478 e. The number of imidazole rings is 1. The molecule has 5 rings (SSSR count). The molecule has 0 bridgehead atoms. The fraction of sp³-hybridized carbons (Fsp3) is 0.344. The summed E-state index contributed by atoms with van der Waals surface area (Å²) >= 11 is 5.63. The first-order valence-corrected chi connectivity index (χ1v) is 14.4. The molecule has 1 saturated carbocycles. The van der Waals surface area contributed by atoms with Gasteiger partial charge in [-0.15, -0.1) is 0 Å². The molecule has 0 spiro atoms. The van der Waals surface area contributed by atoms with E-state index in [-0.39, 0.29) is 0 Å². The second-order valence-corrected chi connectivity index (χ2v) is 10.8. The first kappa shape index (κ1) is 26.9. The molecule has 1 fully saturated rings. The number of carboxylic acids is 1. The Morgan fingerprint density at radius 3 is 2.59 bits per heavy atom. The third-order valence-electron chi connectivity index (χ3n) is 7.52. The molecule has 0 aliphatic heterocycles. The van der Waals surface area contributed by atoms with Crippen molar-refractivity contribution in [3.63, 3.8) is 0 Å². The van der Waals surface area contributed by atoms with Crippen LogP contribution >= 0.6 is 12.2 Å². The van der Waals surface area contributed by atoms with E-state index in [4.69, 9.17) is 17.2 Å². The summed E-state index contributed by atoms with van der Waals surface area (Å²) in [5.41, 5.74) is 5.71. The van der Waals surface area contributed by atoms with E-state index in [0.717, 1.165) is 71.3 Å². The normalized spacial score (nSPS) is 13.9. The molecule has 0 atom stereocenters. The van der Waals surface area contributed by atoms with Gasteiger partial charge in [-0.1, -0.05) is 75.1 Å². The van der Waals surface area contributed by atoms with Crippen LogP contribution in [0.15, 0.2) is 66.7 Å². The first-order valence-electron chi connectivity index (χ1n) is 14.0. The lowest BCUT2D eigenvalue weighted by molar-refractivity contribution is 0.0697. The molecule has 1 aliphatic carbocycles. The number of nitrogens with one attached hydrogen (secondary N) is 2. The quantitative estimate of drug-likeness (QED) is 0.192. The maximum absolute atomic E-state index is 12.2.